The molecule has 2 aromatic heterocycles. The van der Waals surface area contributed by atoms with Gasteiger partial charge in [0.2, 0.25) is 5.91 Å². The van der Waals surface area contributed by atoms with Gasteiger partial charge in [0, 0.05) is 11.4 Å². The second-order valence-corrected chi connectivity index (χ2v) is 9.18. The summed E-state index contributed by atoms with van der Waals surface area (Å²) in [6.45, 7) is 2.95. The maximum absolute atomic E-state index is 12.8. The molecule has 1 atom stereocenters. The van der Waals surface area contributed by atoms with Crippen LogP contribution in [-0.2, 0) is 27.5 Å². The van der Waals surface area contributed by atoms with Gasteiger partial charge in [-0.2, -0.15) is 18.3 Å². The molecule has 2 heterocycles. The molecule has 3 aromatic rings. The van der Waals surface area contributed by atoms with Crippen LogP contribution in [0.1, 0.15) is 18.3 Å². The summed E-state index contributed by atoms with van der Waals surface area (Å²) in [6, 6.07) is 8.95. The Labute approximate surface area is 192 Å². The van der Waals surface area contributed by atoms with Gasteiger partial charge in [-0.3, -0.25) is 14.2 Å². The van der Waals surface area contributed by atoms with Gasteiger partial charge in [-0.15, -0.1) is 10.2 Å². The van der Waals surface area contributed by atoms with Crippen LogP contribution in [0.3, 0.4) is 0 Å². The quantitative estimate of drug-likeness (QED) is 0.508. The Hall–Kier alpha value is -3.19. The summed E-state index contributed by atoms with van der Waals surface area (Å²) < 4.78 is 66.7. The van der Waals surface area contributed by atoms with E-state index in [1.807, 2.05) is 0 Å². The van der Waals surface area contributed by atoms with Gasteiger partial charge < -0.3 is 5.32 Å². The molecule has 0 bridgehead atoms. The Bertz CT molecular complexity index is 1250. The van der Waals surface area contributed by atoms with Gasteiger partial charge in [0.15, 0.2) is 16.7 Å². The molecule has 1 unspecified atom stereocenters. The largest absolute Gasteiger partial charge is 0.435 e. The normalized spacial score (nSPS) is 12.9. The third-order valence-corrected chi connectivity index (χ3v) is 6.04. The van der Waals surface area contributed by atoms with Crippen molar-refractivity contribution in [3.8, 4) is 0 Å². The number of anilines is 2. The molecule has 0 aliphatic heterocycles. The average Bonchev–Trinajstić information content (AvgIpc) is 3.11. The van der Waals surface area contributed by atoms with Crippen molar-refractivity contribution in [2.24, 2.45) is 5.92 Å². The van der Waals surface area contributed by atoms with Crippen molar-refractivity contribution < 1.29 is 26.4 Å². The maximum Gasteiger partial charge on any atom is 0.435 e. The first-order valence-electron chi connectivity index (χ1n) is 9.40. The standard InChI is InChI=1S/C19H18ClF3N6O3S/c1-11(10-29-12(2)9-15(27-29)19(21,22)23)18(30)24-13-3-5-14(6-4-13)33(31,32)28-17-8-7-16(20)25-26-17/h3-9,11H,10H2,1-2H3,(H,24,30)(H,26,28). The van der Waals surface area contributed by atoms with Crippen molar-refractivity contribution >= 4 is 39.0 Å². The third-order valence-electron chi connectivity index (χ3n) is 4.47. The van der Waals surface area contributed by atoms with E-state index in [9.17, 15) is 26.4 Å². The summed E-state index contributed by atoms with van der Waals surface area (Å²) in [7, 11) is -3.95. The van der Waals surface area contributed by atoms with Crippen LogP contribution in [0.5, 0.6) is 0 Å². The van der Waals surface area contributed by atoms with E-state index in [4.69, 9.17) is 11.6 Å². The molecule has 1 aromatic carbocycles. The molecule has 2 N–H and O–H groups in total. The smallest absolute Gasteiger partial charge is 0.326 e. The van der Waals surface area contributed by atoms with Gasteiger partial charge in [0.05, 0.1) is 17.4 Å². The fraction of sp³-hybridized carbons (Fsp3) is 0.263. The highest BCUT2D eigenvalue weighted by Crippen LogP contribution is 2.28. The Morgan fingerprint density at radius 2 is 1.82 bits per heavy atom. The van der Waals surface area contributed by atoms with Crippen molar-refractivity contribution in [2.45, 2.75) is 31.5 Å². The number of hydrogen-bond donors (Lipinski definition) is 2. The van der Waals surface area contributed by atoms with Gasteiger partial charge in [-0.25, -0.2) is 8.42 Å². The van der Waals surface area contributed by atoms with E-state index >= 15 is 0 Å². The molecule has 1 amide bonds. The zero-order valence-electron chi connectivity index (χ0n) is 17.3. The molecule has 3 rings (SSSR count). The van der Waals surface area contributed by atoms with Gasteiger partial charge >= 0.3 is 6.18 Å². The molecule has 0 aliphatic carbocycles. The van der Waals surface area contributed by atoms with Crippen LogP contribution in [0.25, 0.3) is 0 Å². The summed E-state index contributed by atoms with van der Waals surface area (Å²) in [5.41, 5.74) is -0.442. The SMILES string of the molecule is Cc1cc(C(F)(F)F)nn1CC(C)C(=O)Nc1ccc(S(=O)(=O)Nc2ccc(Cl)nn2)cc1. The second-order valence-electron chi connectivity index (χ2n) is 7.11. The first-order valence-corrected chi connectivity index (χ1v) is 11.3. The molecule has 176 valence electrons. The highest BCUT2D eigenvalue weighted by Gasteiger charge is 2.34. The van der Waals surface area contributed by atoms with Crippen LogP contribution in [0.15, 0.2) is 47.4 Å². The lowest BCUT2D eigenvalue weighted by atomic mass is 10.1. The molecule has 0 saturated heterocycles. The van der Waals surface area contributed by atoms with Gasteiger partial charge in [-0.1, -0.05) is 18.5 Å². The fourth-order valence-corrected chi connectivity index (χ4v) is 3.82. The zero-order chi connectivity index (χ0) is 24.4. The summed E-state index contributed by atoms with van der Waals surface area (Å²) in [5, 5.41) is 13.4. The lowest BCUT2D eigenvalue weighted by Gasteiger charge is -2.14. The van der Waals surface area contributed by atoms with Crippen molar-refractivity contribution in [3.05, 3.63) is 59.0 Å². The summed E-state index contributed by atoms with van der Waals surface area (Å²) >= 11 is 5.62. The first-order chi connectivity index (χ1) is 15.3. The average molecular weight is 503 g/mol. The minimum Gasteiger partial charge on any atom is -0.326 e. The van der Waals surface area contributed by atoms with Crippen molar-refractivity contribution in [2.75, 3.05) is 10.0 Å². The minimum atomic E-state index is -4.57. The van der Waals surface area contributed by atoms with Crippen LogP contribution in [-0.4, -0.2) is 34.3 Å². The summed E-state index contributed by atoms with van der Waals surface area (Å²) in [5.74, 6) is -1.20. The number of carbonyl (C=O) groups is 1. The molecule has 0 fully saturated rings. The number of alkyl halides is 3. The number of nitrogens with zero attached hydrogens (tertiary/aromatic N) is 4. The van der Waals surface area contributed by atoms with E-state index in [-0.39, 0.29) is 28.1 Å². The molecule has 14 heteroatoms. The lowest BCUT2D eigenvalue weighted by Crippen LogP contribution is -2.25. The molecule has 0 radical (unpaired) electrons. The summed E-state index contributed by atoms with van der Waals surface area (Å²) in [6.07, 6.45) is -4.57. The number of hydrogen-bond acceptors (Lipinski definition) is 6. The van der Waals surface area contributed by atoms with Crippen LogP contribution < -0.4 is 10.0 Å². The third kappa shape index (κ3) is 6.20. The molecular formula is C19H18ClF3N6O3S. The van der Waals surface area contributed by atoms with Crippen LogP contribution in [0, 0.1) is 12.8 Å². The Morgan fingerprint density at radius 1 is 1.15 bits per heavy atom. The number of sulfonamides is 1. The summed E-state index contributed by atoms with van der Waals surface area (Å²) in [4.78, 5) is 12.4. The van der Waals surface area contributed by atoms with E-state index < -0.39 is 33.7 Å². The van der Waals surface area contributed by atoms with Crippen LogP contribution in [0.4, 0.5) is 24.7 Å². The van der Waals surface area contributed by atoms with E-state index in [0.717, 1.165) is 10.7 Å². The maximum atomic E-state index is 12.8. The van der Waals surface area contributed by atoms with Crippen molar-refractivity contribution in [1.82, 2.24) is 20.0 Å². The topological polar surface area (TPSA) is 119 Å². The predicted molar refractivity (Wildman–Crippen MR) is 114 cm³/mol. The number of halogens is 4. The number of aryl methyl sites for hydroxylation is 1. The molecule has 0 aliphatic rings. The number of benzene rings is 1. The fourth-order valence-electron chi connectivity index (χ4n) is 2.73. The highest BCUT2D eigenvalue weighted by atomic mass is 35.5. The number of nitrogens with one attached hydrogen (secondary N) is 2. The minimum absolute atomic E-state index is 0.0202. The number of carbonyl (C=O) groups excluding carboxylic acids is 1. The van der Waals surface area contributed by atoms with Crippen LogP contribution >= 0.6 is 11.6 Å². The number of amides is 1. The number of rotatable bonds is 7. The zero-order valence-corrected chi connectivity index (χ0v) is 18.8. The van der Waals surface area contributed by atoms with Gasteiger partial charge in [0.25, 0.3) is 10.0 Å². The Morgan fingerprint density at radius 3 is 2.36 bits per heavy atom. The molecule has 9 nitrogen and oxygen atoms in total. The van der Waals surface area contributed by atoms with Crippen molar-refractivity contribution in [1.29, 1.82) is 0 Å². The Kier molecular flexibility index (Phi) is 6.93. The van der Waals surface area contributed by atoms with E-state index in [1.165, 1.54) is 43.3 Å². The van der Waals surface area contributed by atoms with Gasteiger partial charge in [-0.05, 0) is 49.4 Å². The van der Waals surface area contributed by atoms with E-state index in [2.05, 4.69) is 25.3 Å². The van der Waals surface area contributed by atoms with Crippen molar-refractivity contribution in [3.63, 3.8) is 0 Å². The predicted octanol–water partition coefficient (Wildman–Crippen LogP) is 3.73. The van der Waals surface area contributed by atoms with E-state index in [1.54, 1.807) is 6.92 Å². The van der Waals surface area contributed by atoms with Gasteiger partial charge in [0.1, 0.15) is 0 Å². The monoisotopic (exact) mass is 502 g/mol. The molecule has 0 spiro atoms. The highest BCUT2D eigenvalue weighted by molar-refractivity contribution is 7.92. The molecular weight excluding hydrogens is 485 g/mol. The van der Waals surface area contributed by atoms with E-state index in [0.29, 0.717) is 5.69 Å². The number of aromatic nitrogens is 4. The molecule has 33 heavy (non-hydrogen) atoms. The molecule has 0 saturated carbocycles. The Balaban J connectivity index is 1.63. The lowest BCUT2D eigenvalue weighted by molar-refractivity contribution is -0.141. The van der Waals surface area contributed by atoms with Crippen LogP contribution in [0.2, 0.25) is 5.15 Å². The second kappa shape index (κ2) is 9.35. The first kappa shape index (κ1) is 24.5.